The lowest BCUT2D eigenvalue weighted by atomic mass is 10.1. The molecule has 0 saturated heterocycles. The van der Waals surface area contributed by atoms with Crippen LogP contribution in [0.5, 0.6) is 5.75 Å². The maximum atomic E-state index is 12.6. The first-order chi connectivity index (χ1) is 15.7. The Kier molecular flexibility index (Phi) is 6.31. The number of benzene rings is 3. The lowest BCUT2D eigenvalue weighted by Crippen LogP contribution is -2.34. The predicted molar refractivity (Wildman–Crippen MR) is 135 cm³/mol. The zero-order valence-electron chi connectivity index (χ0n) is 18.6. The monoisotopic (exact) mass is 479 g/mol. The first kappa shape index (κ1) is 22.7. The van der Waals surface area contributed by atoms with Crippen LogP contribution in [-0.4, -0.2) is 33.1 Å². The maximum Gasteiger partial charge on any atom is 0.257 e. The summed E-state index contributed by atoms with van der Waals surface area (Å²) in [6, 6.07) is 14.7. The number of halogens is 1. The molecule has 0 bridgehead atoms. The van der Waals surface area contributed by atoms with E-state index in [-0.39, 0.29) is 11.0 Å². The summed E-state index contributed by atoms with van der Waals surface area (Å²) >= 11 is 11.6. The fourth-order valence-corrected chi connectivity index (χ4v) is 3.99. The number of fused-ring (bicyclic) bond motifs is 1. The van der Waals surface area contributed by atoms with Crippen LogP contribution in [0.2, 0.25) is 5.02 Å². The van der Waals surface area contributed by atoms with Gasteiger partial charge in [0.1, 0.15) is 16.8 Å². The van der Waals surface area contributed by atoms with Gasteiger partial charge in [-0.25, -0.2) is 0 Å². The number of nitrogens with one attached hydrogen (secondary N) is 2. The number of hydrogen-bond donors (Lipinski definition) is 2. The second-order valence-electron chi connectivity index (χ2n) is 7.75. The third-order valence-corrected chi connectivity index (χ3v) is 5.55. The largest absolute Gasteiger partial charge is 0.495 e. The number of hydrogen-bond acceptors (Lipinski definition) is 5. The number of rotatable bonds is 4. The Morgan fingerprint density at radius 1 is 1.00 bits per heavy atom. The van der Waals surface area contributed by atoms with Gasteiger partial charge in [-0.05, 0) is 81.0 Å². The molecule has 0 fully saturated rings. The standard InChI is InChI=1S/C24H22ClN5O2S/c1-13-7-14(2)9-16(8-13)23(31)27-24(33)26-19-12-21-20(10-15(19)3)28-30(29-21)17-5-6-22(32-4)18(25)11-17/h5-12H,1-4H3,(H2,26,27,31,33). The summed E-state index contributed by atoms with van der Waals surface area (Å²) in [6.45, 7) is 5.83. The molecular formula is C24H22ClN5O2S. The SMILES string of the molecule is COc1ccc(-n2nc3cc(C)c(NC(=S)NC(=O)c4cc(C)cc(C)c4)cc3n2)cc1Cl. The van der Waals surface area contributed by atoms with E-state index in [9.17, 15) is 4.79 Å². The zero-order valence-corrected chi connectivity index (χ0v) is 20.1. The van der Waals surface area contributed by atoms with Gasteiger partial charge in [-0.3, -0.25) is 10.1 Å². The number of ether oxygens (including phenoxy) is 1. The number of thiocarbonyl (C=S) groups is 1. The molecule has 2 N–H and O–H groups in total. The van der Waals surface area contributed by atoms with Crippen LogP contribution in [0.15, 0.2) is 48.5 Å². The van der Waals surface area contributed by atoms with Crippen molar-refractivity contribution >= 4 is 51.6 Å². The molecule has 0 radical (unpaired) electrons. The minimum Gasteiger partial charge on any atom is -0.495 e. The number of aryl methyl sites for hydroxylation is 3. The lowest BCUT2D eigenvalue weighted by molar-refractivity contribution is 0.0977. The van der Waals surface area contributed by atoms with E-state index < -0.39 is 0 Å². The van der Waals surface area contributed by atoms with Crippen molar-refractivity contribution in [3.63, 3.8) is 0 Å². The van der Waals surface area contributed by atoms with Gasteiger partial charge in [0.05, 0.1) is 17.8 Å². The second-order valence-corrected chi connectivity index (χ2v) is 8.56. The van der Waals surface area contributed by atoms with Gasteiger partial charge >= 0.3 is 0 Å². The van der Waals surface area contributed by atoms with Crippen molar-refractivity contribution in [1.82, 2.24) is 20.3 Å². The topological polar surface area (TPSA) is 81.1 Å². The minimum absolute atomic E-state index is 0.205. The second kappa shape index (κ2) is 9.17. The van der Waals surface area contributed by atoms with Crippen LogP contribution in [-0.2, 0) is 0 Å². The molecule has 33 heavy (non-hydrogen) atoms. The van der Waals surface area contributed by atoms with Crippen LogP contribution in [0.25, 0.3) is 16.7 Å². The Labute approximate surface area is 201 Å². The molecule has 3 aromatic carbocycles. The molecule has 0 saturated carbocycles. The average molecular weight is 480 g/mol. The summed E-state index contributed by atoms with van der Waals surface area (Å²) in [6.07, 6.45) is 0. The van der Waals surface area contributed by atoms with Gasteiger partial charge in [-0.15, -0.1) is 10.2 Å². The van der Waals surface area contributed by atoms with Gasteiger partial charge in [-0.2, -0.15) is 4.80 Å². The molecule has 7 nitrogen and oxygen atoms in total. The highest BCUT2D eigenvalue weighted by Crippen LogP contribution is 2.27. The van der Waals surface area contributed by atoms with E-state index in [1.54, 1.807) is 19.2 Å². The van der Waals surface area contributed by atoms with Crippen LogP contribution in [0.3, 0.4) is 0 Å². The number of aromatic nitrogens is 3. The van der Waals surface area contributed by atoms with Gasteiger partial charge in [0.25, 0.3) is 5.91 Å². The molecule has 0 aliphatic rings. The van der Waals surface area contributed by atoms with Gasteiger partial charge in [-0.1, -0.05) is 28.8 Å². The quantitative estimate of drug-likeness (QED) is 0.395. The normalized spacial score (nSPS) is 10.8. The summed E-state index contributed by atoms with van der Waals surface area (Å²) in [7, 11) is 1.56. The maximum absolute atomic E-state index is 12.6. The molecule has 9 heteroatoms. The first-order valence-electron chi connectivity index (χ1n) is 10.2. The Morgan fingerprint density at radius 2 is 1.67 bits per heavy atom. The number of amides is 1. The van der Waals surface area contributed by atoms with Crippen molar-refractivity contribution in [2.75, 3.05) is 12.4 Å². The van der Waals surface area contributed by atoms with E-state index in [0.29, 0.717) is 27.5 Å². The highest BCUT2D eigenvalue weighted by Gasteiger charge is 2.13. The van der Waals surface area contributed by atoms with E-state index >= 15 is 0 Å². The Morgan fingerprint density at radius 3 is 2.30 bits per heavy atom. The Bertz CT molecular complexity index is 1380. The van der Waals surface area contributed by atoms with Crippen molar-refractivity contribution in [1.29, 1.82) is 0 Å². The number of carbonyl (C=O) groups is 1. The van der Waals surface area contributed by atoms with Crippen LogP contribution < -0.4 is 15.4 Å². The van der Waals surface area contributed by atoms with Crippen LogP contribution in [0, 0.1) is 20.8 Å². The highest BCUT2D eigenvalue weighted by molar-refractivity contribution is 7.80. The number of carbonyl (C=O) groups excluding carboxylic acids is 1. The summed E-state index contributed by atoms with van der Waals surface area (Å²) < 4.78 is 5.20. The smallest absolute Gasteiger partial charge is 0.257 e. The number of anilines is 1. The summed E-state index contributed by atoms with van der Waals surface area (Å²) in [4.78, 5) is 14.1. The van der Waals surface area contributed by atoms with Crippen molar-refractivity contribution in [2.24, 2.45) is 0 Å². The summed E-state index contributed by atoms with van der Waals surface area (Å²) in [5.41, 5.74) is 6.32. The summed E-state index contributed by atoms with van der Waals surface area (Å²) in [5.74, 6) is 0.316. The number of methoxy groups -OCH3 is 1. The van der Waals surface area contributed by atoms with Crippen molar-refractivity contribution in [3.05, 3.63) is 75.8 Å². The van der Waals surface area contributed by atoms with Crippen molar-refractivity contribution < 1.29 is 9.53 Å². The zero-order chi connectivity index (χ0) is 23.7. The molecule has 1 amide bonds. The Hall–Kier alpha value is -3.49. The van der Waals surface area contributed by atoms with Gasteiger partial charge in [0.15, 0.2) is 5.11 Å². The van der Waals surface area contributed by atoms with Crippen LogP contribution in [0.4, 0.5) is 5.69 Å². The summed E-state index contributed by atoms with van der Waals surface area (Å²) in [5, 5.41) is 15.6. The van der Waals surface area contributed by atoms with Gasteiger partial charge in [0, 0.05) is 11.3 Å². The first-order valence-corrected chi connectivity index (χ1v) is 10.9. The minimum atomic E-state index is -0.264. The Balaban J connectivity index is 1.54. The van der Waals surface area contributed by atoms with E-state index in [1.165, 1.54) is 4.80 Å². The van der Waals surface area contributed by atoms with Crippen molar-refractivity contribution in [2.45, 2.75) is 20.8 Å². The molecule has 0 aliphatic heterocycles. The van der Waals surface area contributed by atoms with Crippen LogP contribution >= 0.6 is 23.8 Å². The van der Waals surface area contributed by atoms with E-state index in [4.69, 9.17) is 28.6 Å². The lowest BCUT2D eigenvalue weighted by Gasteiger charge is -2.12. The third-order valence-electron chi connectivity index (χ3n) is 5.05. The molecule has 4 rings (SSSR count). The average Bonchev–Trinajstić information content (AvgIpc) is 3.15. The molecule has 0 atom stereocenters. The highest BCUT2D eigenvalue weighted by atomic mass is 35.5. The molecule has 0 aliphatic carbocycles. The van der Waals surface area contributed by atoms with E-state index in [0.717, 1.165) is 27.9 Å². The molecule has 0 spiro atoms. The van der Waals surface area contributed by atoms with E-state index in [1.807, 2.05) is 57.2 Å². The molecule has 4 aromatic rings. The molecule has 0 unspecified atom stereocenters. The molecule has 1 aromatic heterocycles. The van der Waals surface area contributed by atoms with Crippen LogP contribution in [0.1, 0.15) is 27.0 Å². The van der Waals surface area contributed by atoms with Gasteiger partial charge < -0.3 is 10.1 Å². The number of nitrogens with zero attached hydrogens (tertiary/aromatic N) is 3. The molecule has 168 valence electrons. The molecule has 1 heterocycles. The predicted octanol–water partition coefficient (Wildman–Crippen LogP) is 5.13. The fourth-order valence-electron chi connectivity index (χ4n) is 3.53. The molecular weight excluding hydrogens is 458 g/mol. The van der Waals surface area contributed by atoms with Gasteiger partial charge in [0.2, 0.25) is 0 Å². The fraction of sp³-hybridized carbons (Fsp3) is 0.167. The van der Waals surface area contributed by atoms with E-state index in [2.05, 4.69) is 20.8 Å². The third kappa shape index (κ3) is 4.97. The van der Waals surface area contributed by atoms with Crippen molar-refractivity contribution in [3.8, 4) is 11.4 Å².